The largest absolute Gasteiger partial charge is 0.494 e. The number of nitrogens with one attached hydrogen (secondary N) is 1. The molecule has 2 aromatic rings. The smallest absolute Gasteiger partial charge is 0.234 e. The third-order valence-corrected chi connectivity index (χ3v) is 4.83. The van der Waals surface area contributed by atoms with Gasteiger partial charge in [0.25, 0.3) is 0 Å². The molecule has 24 heavy (non-hydrogen) atoms. The predicted octanol–water partition coefficient (Wildman–Crippen LogP) is 5.21. The summed E-state index contributed by atoms with van der Waals surface area (Å²) in [6.45, 7) is 4.81. The van der Waals surface area contributed by atoms with Crippen molar-refractivity contribution in [2.45, 2.75) is 20.3 Å². The number of anilines is 1. The lowest BCUT2D eigenvalue weighted by Crippen LogP contribution is -2.14. The standard InChI is InChI=1S/C19H22BrNO2S/c1-14-10-15(2)12-18(11-14)23-8-3-9-24-13-19(22)21-17-6-4-16(20)5-7-17/h4-7,10-12H,3,8-9,13H2,1-2H3,(H,21,22). The van der Waals surface area contributed by atoms with Crippen molar-refractivity contribution in [3.8, 4) is 5.75 Å². The summed E-state index contributed by atoms with van der Waals surface area (Å²) in [6.07, 6.45) is 0.920. The number of carbonyl (C=O) groups excluding carboxylic acids is 1. The van der Waals surface area contributed by atoms with Gasteiger partial charge in [0, 0.05) is 10.2 Å². The topological polar surface area (TPSA) is 38.3 Å². The normalized spacial score (nSPS) is 10.5. The van der Waals surface area contributed by atoms with E-state index in [0.717, 1.165) is 28.1 Å². The van der Waals surface area contributed by atoms with E-state index < -0.39 is 0 Å². The monoisotopic (exact) mass is 407 g/mol. The molecular weight excluding hydrogens is 386 g/mol. The number of amides is 1. The number of aryl methyl sites for hydroxylation is 2. The molecule has 0 saturated heterocycles. The predicted molar refractivity (Wildman–Crippen MR) is 106 cm³/mol. The Morgan fingerprint density at radius 2 is 1.79 bits per heavy atom. The van der Waals surface area contributed by atoms with Crippen LogP contribution in [0, 0.1) is 13.8 Å². The lowest BCUT2D eigenvalue weighted by atomic mass is 10.1. The van der Waals surface area contributed by atoms with Gasteiger partial charge in [0.1, 0.15) is 5.75 Å². The van der Waals surface area contributed by atoms with E-state index in [2.05, 4.69) is 41.2 Å². The quantitative estimate of drug-likeness (QED) is 0.610. The number of thioether (sulfide) groups is 1. The minimum Gasteiger partial charge on any atom is -0.494 e. The Bertz CT molecular complexity index is 653. The van der Waals surface area contributed by atoms with Gasteiger partial charge in [0.05, 0.1) is 12.4 Å². The van der Waals surface area contributed by atoms with Crippen molar-refractivity contribution in [1.82, 2.24) is 0 Å². The Labute approximate surface area is 156 Å². The minimum absolute atomic E-state index is 0.0255. The first-order valence-electron chi connectivity index (χ1n) is 7.87. The molecule has 0 bridgehead atoms. The van der Waals surface area contributed by atoms with Crippen LogP contribution in [0.4, 0.5) is 5.69 Å². The van der Waals surface area contributed by atoms with Gasteiger partial charge >= 0.3 is 0 Å². The number of benzene rings is 2. The summed E-state index contributed by atoms with van der Waals surface area (Å²) in [4.78, 5) is 11.9. The number of hydrogen-bond acceptors (Lipinski definition) is 3. The van der Waals surface area contributed by atoms with E-state index in [9.17, 15) is 4.79 Å². The highest BCUT2D eigenvalue weighted by atomic mass is 79.9. The van der Waals surface area contributed by atoms with E-state index in [-0.39, 0.29) is 5.91 Å². The van der Waals surface area contributed by atoms with Gasteiger partial charge in [-0.15, -0.1) is 0 Å². The number of hydrogen-bond donors (Lipinski definition) is 1. The van der Waals surface area contributed by atoms with Crippen LogP contribution in [0.25, 0.3) is 0 Å². The summed E-state index contributed by atoms with van der Waals surface area (Å²) in [5.74, 6) is 2.31. The molecule has 0 fully saturated rings. The van der Waals surface area contributed by atoms with E-state index in [1.165, 1.54) is 11.1 Å². The van der Waals surface area contributed by atoms with Gasteiger partial charge in [-0.1, -0.05) is 22.0 Å². The molecule has 5 heteroatoms. The Hall–Kier alpha value is -1.46. The average molecular weight is 408 g/mol. The third kappa shape index (κ3) is 6.97. The maximum atomic E-state index is 11.9. The molecule has 0 aliphatic carbocycles. The molecule has 0 aliphatic heterocycles. The van der Waals surface area contributed by atoms with E-state index in [0.29, 0.717) is 12.4 Å². The van der Waals surface area contributed by atoms with Gasteiger partial charge in [0.2, 0.25) is 5.91 Å². The lowest BCUT2D eigenvalue weighted by molar-refractivity contribution is -0.113. The first kappa shape index (κ1) is 18.9. The van der Waals surface area contributed by atoms with Crippen LogP contribution in [0.3, 0.4) is 0 Å². The Morgan fingerprint density at radius 1 is 1.12 bits per heavy atom. The summed E-state index contributed by atoms with van der Waals surface area (Å²) in [5.41, 5.74) is 3.25. The maximum Gasteiger partial charge on any atom is 0.234 e. The van der Waals surface area contributed by atoms with Crippen LogP contribution in [0.1, 0.15) is 17.5 Å². The zero-order valence-electron chi connectivity index (χ0n) is 14.0. The van der Waals surface area contributed by atoms with Crippen LogP contribution in [0.5, 0.6) is 5.75 Å². The molecule has 0 aliphatic rings. The SMILES string of the molecule is Cc1cc(C)cc(OCCCSCC(=O)Nc2ccc(Br)cc2)c1. The number of carbonyl (C=O) groups is 1. The highest BCUT2D eigenvalue weighted by Crippen LogP contribution is 2.17. The molecule has 0 aromatic heterocycles. The van der Waals surface area contributed by atoms with Gasteiger partial charge in [-0.3, -0.25) is 4.79 Å². The lowest BCUT2D eigenvalue weighted by Gasteiger charge is -2.08. The molecule has 0 atom stereocenters. The molecule has 2 rings (SSSR count). The number of halogens is 1. The molecule has 1 N–H and O–H groups in total. The van der Waals surface area contributed by atoms with Crippen molar-refractivity contribution >= 4 is 39.3 Å². The second-order valence-corrected chi connectivity index (χ2v) is 7.65. The van der Waals surface area contributed by atoms with Crippen LogP contribution < -0.4 is 10.1 Å². The van der Waals surface area contributed by atoms with Crippen LogP contribution in [0.15, 0.2) is 46.9 Å². The molecule has 0 spiro atoms. The van der Waals surface area contributed by atoms with Crippen LogP contribution >= 0.6 is 27.7 Å². The summed E-state index contributed by atoms with van der Waals surface area (Å²) < 4.78 is 6.76. The molecule has 2 aromatic carbocycles. The van der Waals surface area contributed by atoms with Crippen LogP contribution in [-0.4, -0.2) is 24.0 Å². The minimum atomic E-state index is 0.0255. The highest BCUT2D eigenvalue weighted by molar-refractivity contribution is 9.10. The van der Waals surface area contributed by atoms with E-state index in [4.69, 9.17) is 4.74 Å². The highest BCUT2D eigenvalue weighted by Gasteiger charge is 2.03. The first-order valence-corrected chi connectivity index (χ1v) is 9.82. The Balaban J connectivity index is 1.59. The third-order valence-electron chi connectivity index (χ3n) is 3.26. The molecule has 0 radical (unpaired) electrons. The molecule has 1 amide bonds. The fraction of sp³-hybridized carbons (Fsp3) is 0.316. The van der Waals surface area contributed by atoms with Gasteiger partial charge in [0.15, 0.2) is 0 Å². The Kier molecular flexibility index (Phi) is 7.66. The van der Waals surface area contributed by atoms with Crippen molar-refractivity contribution in [3.63, 3.8) is 0 Å². The van der Waals surface area contributed by atoms with Gasteiger partial charge in [-0.2, -0.15) is 11.8 Å². The average Bonchev–Trinajstić information content (AvgIpc) is 2.52. The van der Waals surface area contributed by atoms with Crippen molar-refractivity contribution in [2.24, 2.45) is 0 Å². The van der Waals surface area contributed by atoms with Crippen molar-refractivity contribution in [2.75, 3.05) is 23.4 Å². The van der Waals surface area contributed by atoms with E-state index >= 15 is 0 Å². The molecule has 3 nitrogen and oxygen atoms in total. The van der Waals surface area contributed by atoms with Crippen molar-refractivity contribution in [1.29, 1.82) is 0 Å². The zero-order valence-corrected chi connectivity index (χ0v) is 16.4. The number of rotatable bonds is 8. The summed E-state index contributed by atoms with van der Waals surface area (Å²) in [6, 6.07) is 13.8. The molecular formula is C19H22BrNO2S. The summed E-state index contributed by atoms with van der Waals surface area (Å²) in [5, 5.41) is 2.89. The van der Waals surface area contributed by atoms with Crippen molar-refractivity contribution < 1.29 is 9.53 Å². The maximum absolute atomic E-state index is 11.9. The van der Waals surface area contributed by atoms with Gasteiger partial charge in [-0.05, 0) is 73.5 Å². The second-order valence-electron chi connectivity index (χ2n) is 5.63. The summed E-state index contributed by atoms with van der Waals surface area (Å²) in [7, 11) is 0. The number of ether oxygens (including phenoxy) is 1. The zero-order chi connectivity index (χ0) is 17.4. The molecule has 128 valence electrons. The van der Waals surface area contributed by atoms with E-state index in [1.54, 1.807) is 11.8 Å². The summed E-state index contributed by atoms with van der Waals surface area (Å²) >= 11 is 5.00. The molecule has 0 heterocycles. The second kappa shape index (κ2) is 9.74. The first-order chi connectivity index (χ1) is 11.5. The van der Waals surface area contributed by atoms with Gasteiger partial charge in [-0.25, -0.2) is 0 Å². The van der Waals surface area contributed by atoms with Crippen molar-refractivity contribution in [3.05, 3.63) is 58.1 Å². The fourth-order valence-electron chi connectivity index (χ4n) is 2.26. The fourth-order valence-corrected chi connectivity index (χ4v) is 3.25. The van der Waals surface area contributed by atoms with E-state index in [1.807, 2.05) is 36.4 Å². The molecule has 0 unspecified atom stereocenters. The molecule has 0 saturated carbocycles. The van der Waals surface area contributed by atoms with Gasteiger partial charge < -0.3 is 10.1 Å². The van der Waals surface area contributed by atoms with Crippen LogP contribution in [-0.2, 0) is 4.79 Å². The Morgan fingerprint density at radius 3 is 2.46 bits per heavy atom. The van der Waals surface area contributed by atoms with Crippen LogP contribution in [0.2, 0.25) is 0 Å².